The Morgan fingerprint density at radius 3 is 2.20 bits per heavy atom. The van der Waals surface area contributed by atoms with Crippen LogP contribution in [0.2, 0.25) is 0 Å². The van der Waals surface area contributed by atoms with Crippen LogP contribution in [0.1, 0.15) is 11.3 Å². The summed E-state index contributed by atoms with van der Waals surface area (Å²) in [4.78, 5) is 21.2. The smallest absolute Gasteiger partial charge is 0.433 e. The van der Waals surface area contributed by atoms with E-state index in [4.69, 9.17) is 5.73 Å². The van der Waals surface area contributed by atoms with E-state index in [0.29, 0.717) is 12.3 Å². The van der Waals surface area contributed by atoms with Gasteiger partial charge >= 0.3 is 19.0 Å². The summed E-state index contributed by atoms with van der Waals surface area (Å²) >= 11 is 0. The van der Waals surface area contributed by atoms with Crippen molar-refractivity contribution in [2.45, 2.75) is 19.0 Å². The summed E-state index contributed by atoms with van der Waals surface area (Å²) in [6.07, 6.45) is -8.95. The lowest BCUT2D eigenvalue weighted by molar-refractivity contribution is -0.141. The van der Waals surface area contributed by atoms with Gasteiger partial charge in [-0.15, -0.1) is 0 Å². The Bertz CT molecular complexity index is 1810. The summed E-state index contributed by atoms with van der Waals surface area (Å²) in [5.41, 5.74) is 2.16. The quantitative estimate of drug-likeness (QED) is 0.242. The largest absolute Gasteiger partial charge is 0.435 e. The Kier molecular flexibility index (Phi) is 6.35. The summed E-state index contributed by atoms with van der Waals surface area (Å²) < 4.78 is 110. The second kappa shape index (κ2) is 9.47. The number of benzene rings is 2. The Balaban J connectivity index is 1.77. The van der Waals surface area contributed by atoms with Gasteiger partial charge in [-0.05, 0) is 54.1 Å². The van der Waals surface area contributed by atoms with E-state index >= 15 is 0 Å². The molecule has 0 bridgehead atoms. The molecule has 0 spiro atoms. The lowest BCUT2D eigenvalue weighted by atomic mass is 10.0. The maximum Gasteiger partial charge on any atom is 0.433 e. The third-order valence-electron chi connectivity index (χ3n) is 5.97. The van der Waals surface area contributed by atoms with Crippen molar-refractivity contribution < 1.29 is 39.9 Å². The molecule has 3 aromatic heterocycles. The number of hydrogen-bond acceptors (Lipinski definition) is 5. The molecule has 6 nitrogen and oxygen atoms in total. The second-order valence-electron chi connectivity index (χ2n) is 8.49. The van der Waals surface area contributed by atoms with Crippen LogP contribution in [-0.4, -0.2) is 21.1 Å². The van der Waals surface area contributed by atoms with Gasteiger partial charge in [0.25, 0.3) is 5.56 Å². The van der Waals surface area contributed by atoms with E-state index in [2.05, 4.69) is 14.7 Å². The van der Waals surface area contributed by atoms with Gasteiger partial charge in [0.05, 0.1) is 27.8 Å². The Morgan fingerprint density at radius 2 is 1.57 bits per heavy atom. The molecular weight excluding hydrogens is 552 g/mol. The van der Waals surface area contributed by atoms with E-state index in [1.807, 2.05) is 0 Å². The molecule has 5 aromatic rings. The van der Waals surface area contributed by atoms with Gasteiger partial charge in [0.15, 0.2) is 0 Å². The van der Waals surface area contributed by atoms with Crippen molar-refractivity contribution in [3.8, 4) is 22.6 Å². The lowest BCUT2D eigenvalue weighted by Gasteiger charge is -2.17. The molecule has 40 heavy (non-hydrogen) atoms. The van der Waals surface area contributed by atoms with Gasteiger partial charge in [-0.1, -0.05) is 12.1 Å². The Morgan fingerprint density at radius 1 is 0.875 bits per heavy atom. The Hall–Kier alpha value is -4.75. The van der Waals surface area contributed by atoms with Crippen molar-refractivity contribution in [1.29, 1.82) is 0 Å². The maximum atomic E-state index is 13.8. The van der Waals surface area contributed by atoms with Gasteiger partial charge in [-0.2, -0.15) is 35.1 Å². The number of halogens is 8. The SMILES string of the molecule is Nc1c(-c2ccc3nc(C(F)(F)F)ccc3c2)c(=O)n(-c2ccc(OC(F)F)cc2)c2cc(C(F)(F)F)cnc12. The third-order valence-corrected chi connectivity index (χ3v) is 5.97. The van der Waals surface area contributed by atoms with Gasteiger partial charge in [-0.25, -0.2) is 4.98 Å². The summed E-state index contributed by atoms with van der Waals surface area (Å²) in [6, 6.07) is 11.0. The number of fused-ring (bicyclic) bond motifs is 2. The van der Waals surface area contributed by atoms with E-state index in [9.17, 15) is 39.9 Å². The average Bonchev–Trinajstić information content (AvgIpc) is 2.87. The number of nitrogens with two attached hydrogens (primary N) is 1. The number of anilines is 1. The zero-order chi connectivity index (χ0) is 29.0. The number of nitrogens with zero attached hydrogens (tertiary/aromatic N) is 3. The molecule has 2 N–H and O–H groups in total. The molecular formula is C26H14F8N4O2. The molecule has 0 unspecified atom stereocenters. The normalized spacial score (nSPS) is 12.4. The lowest BCUT2D eigenvalue weighted by Crippen LogP contribution is -2.23. The molecule has 206 valence electrons. The van der Waals surface area contributed by atoms with Crippen molar-refractivity contribution in [2.75, 3.05) is 5.73 Å². The fourth-order valence-electron chi connectivity index (χ4n) is 4.19. The van der Waals surface area contributed by atoms with Crippen molar-refractivity contribution in [3.05, 3.63) is 88.5 Å². The molecule has 0 aliphatic carbocycles. The second-order valence-corrected chi connectivity index (χ2v) is 8.49. The molecule has 0 radical (unpaired) electrons. The van der Waals surface area contributed by atoms with Gasteiger partial charge < -0.3 is 10.5 Å². The summed E-state index contributed by atoms with van der Waals surface area (Å²) in [7, 11) is 0. The summed E-state index contributed by atoms with van der Waals surface area (Å²) in [6.45, 7) is -3.13. The number of ether oxygens (including phenoxy) is 1. The summed E-state index contributed by atoms with van der Waals surface area (Å²) in [5.74, 6) is -0.263. The fraction of sp³-hybridized carbons (Fsp3) is 0.115. The molecule has 0 saturated heterocycles. The molecule has 2 aromatic carbocycles. The molecule has 0 amide bonds. The van der Waals surface area contributed by atoms with Gasteiger partial charge in [0.1, 0.15) is 17.0 Å². The van der Waals surface area contributed by atoms with Crippen molar-refractivity contribution in [3.63, 3.8) is 0 Å². The highest BCUT2D eigenvalue weighted by Gasteiger charge is 2.33. The number of hydrogen-bond donors (Lipinski definition) is 1. The molecule has 14 heteroatoms. The van der Waals surface area contributed by atoms with Gasteiger partial charge in [0, 0.05) is 17.3 Å². The standard InChI is InChI=1S/C26H14F8N4O2/c27-24(28)40-16-5-3-15(4-6-16)38-18-10-14(25(29,30)31)11-36-22(18)21(35)20(23(38)39)13-1-7-17-12(9-13)2-8-19(37-17)26(32,33)34/h1-11,24H,35H2. The predicted octanol–water partition coefficient (Wildman–Crippen LogP) is 6.82. The highest BCUT2D eigenvalue weighted by atomic mass is 19.4. The topological polar surface area (TPSA) is 83.0 Å². The van der Waals surface area contributed by atoms with E-state index in [0.717, 1.165) is 28.8 Å². The molecule has 0 atom stereocenters. The van der Waals surface area contributed by atoms with Crippen LogP contribution in [-0.2, 0) is 12.4 Å². The van der Waals surface area contributed by atoms with Gasteiger partial charge in [0.2, 0.25) is 0 Å². The molecule has 0 fully saturated rings. The Labute approximate surface area is 218 Å². The van der Waals surface area contributed by atoms with E-state index in [1.165, 1.54) is 30.3 Å². The van der Waals surface area contributed by atoms with Crippen LogP contribution >= 0.6 is 0 Å². The van der Waals surface area contributed by atoms with Crippen LogP contribution in [0.15, 0.2) is 71.7 Å². The minimum atomic E-state index is -4.81. The van der Waals surface area contributed by atoms with Crippen molar-refractivity contribution in [1.82, 2.24) is 14.5 Å². The third kappa shape index (κ3) is 4.87. The maximum absolute atomic E-state index is 13.8. The minimum Gasteiger partial charge on any atom is -0.435 e. The zero-order valence-electron chi connectivity index (χ0n) is 19.7. The summed E-state index contributed by atoms with van der Waals surface area (Å²) in [5, 5.41) is 0.227. The van der Waals surface area contributed by atoms with Crippen LogP contribution in [0.5, 0.6) is 5.75 Å². The monoisotopic (exact) mass is 566 g/mol. The number of alkyl halides is 8. The molecule has 0 aliphatic heterocycles. The van der Waals surface area contributed by atoms with E-state index < -0.39 is 35.8 Å². The number of aromatic nitrogens is 3. The molecule has 5 rings (SSSR count). The first-order valence-electron chi connectivity index (χ1n) is 11.2. The van der Waals surface area contributed by atoms with Crippen molar-refractivity contribution >= 4 is 27.6 Å². The van der Waals surface area contributed by atoms with Crippen molar-refractivity contribution in [2.24, 2.45) is 0 Å². The van der Waals surface area contributed by atoms with Gasteiger partial charge in [-0.3, -0.25) is 14.3 Å². The van der Waals surface area contributed by atoms with Crippen LogP contribution in [0.3, 0.4) is 0 Å². The van der Waals surface area contributed by atoms with Crippen LogP contribution in [0.4, 0.5) is 40.8 Å². The zero-order valence-corrected chi connectivity index (χ0v) is 19.7. The minimum absolute atomic E-state index is 0.0173. The first-order valence-corrected chi connectivity index (χ1v) is 11.2. The van der Waals surface area contributed by atoms with E-state index in [1.54, 1.807) is 0 Å². The fourth-order valence-corrected chi connectivity index (χ4v) is 4.19. The number of pyridine rings is 3. The van der Waals surface area contributed by atoms with Crippen LogP contribution in [0, 0.1) is 0 Å². The average molecular weight is 566 g/mol. The highest BCUT2D eigenvalue weighted by Crippen LogP contribution is 2.36. The first-order chi connectivity index (χ1) is 18.7. The predicted molar refractivity (Wildman–Crippen MR) is 129 cm³/mol. The molecule has 0 saturated carbocycles. The number of nitrogen functional groups attached to an aromatic ring is 1. The number of rotatable bonds is 4. The highest BCUT2D eigenvalue weighted by molar-refractivity contribution is 5.98. The van der Waals surface area contributed by atoms with Crippen LogP contribution in [0.25, 0.3) is 38.8 Å². The first kappa shape index (κ1) is 26.8. The van der Waals surface area contributed by atoms with E-state index in [-0.39, 0.29) is 50.2 Å². The van der Waals surface area contributed by atoms with Crippen LogP contribution < -0.4 is 16.0 Å². The molecule has 0 aliphatic rings. The molecule has 3 heterocycles.